The Kier molecular flexibility index (Phi) is 6.79. The molecular formula is C28H29N5O3. The third-order valence-corrected chi connectivity index (χ3v) is 6.69. The first kappa shape index (κ1) is 23.7. The van der Waals surface area contributed by atoms with Crippen molar-refractivity contribution in [2.45, 2.75) is 0 Å². The van der Waals surface area contributed by atoms with Crippen molar-refractivity contribution >= 4 is 28.3 Å². The monoisotopic (exact) mass is 483 g/mol. The van der Waals surface area contributed by atoms with Crippen LogP contribution in [0.15, 0.2) is 77.7 Å². The van der Waals surface area contributed by atoms with Gasteiger partial charge in [0.2, 0.25) is 0 Å². The van der Waals surface area contributed by atoms with E-state index in [1.165, 1.54) is 0 Å². The summed E-state index contributed by atoms with van der Waals surface area (Å²) in [4.78, 5) is 35.2. The number of benzene rings is 2. The van der Waals surface area contributed by atoms with Crippen LogP contribution in [0.5, 0.6) is 0 Å². The summed E-state index contributed by atoms with van der Waals surface area (Å²) in [5.41, 5.74) is 3.13. The molecule has 1 fully saturated rings. The smallest absolute Gasteiger partial charge is 0.274 e. The zero-order valence-electron chi connectivity index (χ0n) is 20.2. The van der Waals surface area contributed by atoms with Crippen molar-refractivity contribution in [3.8, 4) is 11.1 Å². The number of rotatable bonds is 6. The molecule has 1 aliphatic rings. The molecule has 0 aliphatic carbocycles. The van der Waals surface area contributed by atoms with Gasteiger partial charge in [0.05, 0.1) is 12.1 Å². The normalized spacial score (nSPS) is 14.2. The van der Waals surface area contributed by atoms with Gasteiger partial charge in [-0.3, -0.25) is 14.5 Å². The highest BCUT2D eigenvalue weighted by Crippen LogP contribution is 2.23. The lowest BCUT2D eigenvalue weighted by atomic mass is 10.0. The average Bonchev–Trinajstić information content (AvgIpc) is 2.92. The van der Waals surface area contributed by atoms with Gasteiger partial charge in [-0.1, -0.05) is 42.5 Å². The van der Waals surface area contributed by atoms with E-state index in [0.29, 0.717) is 12.1 Å². The number of aromatic nitrogens is 2. The second-order valence-electron chi connectivity index (χ2n) is 8.98. The molecular weight excluding hydrogens is 454 g/mol. The minimum absolute atomic E-state index is 0.160. The lowest BCUT2D eigenvalue weighted by molar-refractivity contribution is 0.102. The van der Waals surface area contributed by atoms with E-state index in [1.807, 2.05) is 54.6 Å². The second kappa shape index (κ2) is 10.3. The number of amides is 1. The van der Waals surface area contributed by atoms with Crippen LogP contribution in [0.1, 0.15) is 10.4 Å². The Hall–Kier alpha value is -4.01. The number of nitrogens with zero attached hydrogens (tertiary/aromatic N) is 4. The van der Waals surface area contributed by atoms with Gasteiger partial charge in [0, 0.05) is 63.0 Å². The Labute approximate surface area is 209 Å². The molecule has 3 heterocycles. The predicted octanol–water partition coefficient (Wildman–Crippen LogP) is 2.97. The summed E-state index contributed by atoms with van der Waals surface area (Å²) >= 11 is 0. The number of nitrogens with one attached hydrogen (secondary N) is 1. The molecule has 0 atom stereocenters. The summed E-state index contributed by atoms with van der Waals surface area (Å²) in [5.74, 6) is 0.477. The Balaban J connectivity index is 1.37. The number of aryl methyl sites for hydroxylation is 1. The van der Waals surface area contributed by atoms with Gasteiger partial charge >= 0.3 is 0 Å². The third kappa shape index (κ3) is 4.86. The SMILES string of the molecule is Cn1c(=O)c(NC(=O)c2cccc(-c3ccccc3)c2)cc2cnc(N3CCN(CCO)CC3)cc21. The van der Waals surface area contributed by atoms with E-state index >= 15 is 0 Å². The first-order valence-electron chi connectivity index (χ1n) is 12.1. The highest BCUT2D eigenvalue weighted by atomic mass is 16.3. The average molecular weight is 484 g/mol. The van der Waals surface area contributed by atoms with Crippen molar-refractivity contribution in [2.75, 3.05) is 49.5 Å². The largest absolute Gasteiger partial charge is 0.395 e. The maximum Gasteiger partial charge on any atom is 0.274 e. The quantitative estimate of drug-likeness (QED) is 0.438. The van der Waals surface area contributed by atoms with Gasteiger partial charge in [-0.2, -0.15) is 0 Å². The minimum Gasteiger partial charge on any atom is -0.395 e. The zero-order valence-corrected chi connectivity index (χ0v) is 20.2. The second-order valence-corrected chi connectivity index (χ2v) is 8.98. The van der Waals surface area contributed by atoms with E-state index in [-0.39, 0.29) is 23.8 Å². The number of fused-ring (bicyclic) bond motifs is 1. The molecule has 184 valence electrons. The summed E-state index contributed by atoms with van der Waals surface area (Å²) in [7, 11) is 1.71. The van der Waals surface area contributed by atoms with Gasteiger partial charge in [-0.25, -0.2) is 4.98 Å². The van der Waals surface area contributed by atoms with E-state index in [9.17, 15) is 9.59 Å². The number of pyridine rings is 2. The Morgan fingerprint density at radius 1 is 0.972 bits per heavy atom. The van der Waals surface area contributed by atoms with Crippen molar-refractivity contribution in [3.63, 3.8) is 0 Å². The van der Waals surface area contributed by atoms with E-state index in [4.69, 9.17) is 5.11 Å². The summed E-state index contributed by atoms with van der Waals surface area (Å²) in [6.07, 6.45) is 1.75. The van der Waals surface area contributed by atoms with E-state index in [0.717, 1.165) is 54.0 Å². The standard InChI is InChI=1S/C28H29N5O3/c1-31-25-18-26(33-12-10-32(11-13-33)14-15-34)29-19-23(25)17-24(28(31)36)30-27(35)22-9-5-8-21(16-22)20-6-3-2-4-7-20/h2-9,16-19,34H,10-15H2,1H3,(H,30,35). The lowest BCUT2D eigenvalue weighted by Crippen LogP contribution is -2.47. The van der Waals surface area contributed by atoms with Crippen molar-refractivity contribution in [1.82, 2.24) is 14.5 Å². The number of carbonyl (C=O) groups is 1. The van der Waals surface area contributed by atoms with Crippen molar-refractivity contribution in [3.05, 3.63) is 88.8 Å². The highest BCUT2D eigenvalue weighted by molar-refractivity contribution is 6.05. The van der Waals surface area contributed by atoms with Gasteiger partial charge in [0.1, 0.15) is 11.5 Å². The van der Waals surface area contributed by atoms with Crippen LogP contribution in [0.3, 0.4) is 0 Å². The van der Waals surface area contributed by atoms with Crippen LogP contribution in [0.4, 0.5) is 11.5 Å². The van der Waals surface area contributed by atoms with Gasteiger partial charge < -0.3 is 19.9 Å². The number of aliphatic hydroxyl groups is 1. The molecule has 2 aromatic heterocycles. The number of β-amino-alcohol motifs (C(OH)–C–C–N with tert-alkyl or cyclic N) is 1. The molecule has 2 aromatic carbocycles. The lowest BCUT2D eigenvalue weighted by Gasteiger charge is -2.35. The Morgan fingerprint density at radius 3 is 2.47 bits per heavy atom. The molecule has 0 unspecified atom stereocenters. The summed E-state index contributed by atoms with van der Waals surface area (Å²) in [5, 5.41) is 12.7. The first-order valence-corrected chi connectivity index (χ1v) is 12.1. The molecule has 0 radical (unpaired) electrons. The fourth-order valence-corrected chi connectivity index (χ4v) is 4.62. The summed E-state index contributed by atoms with van der Waals surface area (Å²) in [6, 6.07) is 20.8. The van der Waals surface area contributed by atoms with E-state index in [2.05, 4.69) is 20.1 Å². The van der Waals surface area contributed by atoms with Crippen molar-refractivity contribution in [1.29, 1.82) is 0 Å². The fraction of sp³-hybridized carbons (Fsp3) is 0.250. The number of piperazine rings is 1. The van der Waals surface area contributed by atoms with Crippen molar-refractivity contribution < 1.29 is 9.90 Å². The van der Waals surface area contributed by atoms with Gasteiger partial charge in [0.15, 0.2) is 0 Å². The van der Waals surface area contributed by atoms with Crippen LogP contribution in [-0.4, -0.2) is 64.8 Å². The molecule has 2 N–H and O–H groups in total. The van der Waals surface area contributed by atoms with E-state index < -0.39 is 0 Å². The fourth-order valence-electron chi connectivity index (χ4n) is 4.62. The molecule has 8 heteroatoms. The molecule has 0 bridgehead atoms. The molecule has 8 nitrogen and oxygen atoms in total. The zero-order chi connectivity index (χ0) is 25.1. The third-order valence-electron chi connectivity index (χ3n) is 6.69. The molecule has 1 saturated heterocycles. The van der Waals surface area contributed by atoms with Crippen LogP contribution < -0.4 is 15.8 Å². The molecule has 36 heavy (non-hydrogen) atoms. The maximum absolute atomic E-state index is 13.1. The van der Waals surface area contributed by atoms with Gasteiger partial charge in [-0.15, -0.1) is 0 Å². The molecule has 0 spiro atoms. The number of hydrogen-bond acceptors (Lipinski definition) is 6. The van der Waals surface area contributed by atoms with Crippen LogP contribution in [0.2, 0.25) is 0 Å². The van der Waals surface area contributed by atoms with Crippen LogP contribution in [0.25, 0.3) is 22.0 Å². The van der Waals surface area contributed by atoms with Crippen molar-refractivity contribution in [2.24, 2.45) is 7.05 Å². The molecule has 5 rings (SSSR count). The number of aliphatic hydroxyl groups excluding tert-OH is 1. The van der Waals surface area contributed by atoms with Crippen LogP contribution >= 0.6 is 0 Å². The summed E-state index contributed by atoms with van der Waals surface area (Å²) < 4.78 is 1.55. The maximum atomic E-state index is 13.1. The molecule has 1 amide bonds. The summed E-state index contributed by atoms with van der Waals surface area (Å²) in [6.45, 7) is 4.17. The van der Waals surface area contributed by atoms with E-state index in [1.54, 1.807) is 29.9 Å². The number of hydrogen-bond donors (Lipinski definition) is 2. The predicted molar refractivity (Wildman–Crippen MR) is 143 cm³/mol. The molecule has 0 saturated carbocycles. The Bertz CT molecular complexity index is 1440. The topological polar surface area (TPSA) is 90.7 Å². The first-order chi connectivity index (χ1) is 17.5. The molecule has 1 aliphatic heterocycles. The van der Waals surface area contributed by atoms with Crippen LogP contribution in [0, 0.1) is 0 Å². The van der Waals surface area contributed by atoms with Gasteiger partial charge in [-0.05, 0) is 29.3 Å². The molecule has 4 aromatic rings. The Morgan fingerprint density at radius 2 is 1.72 bits per heavy atom. The minimum atomic E-state index is -0.338. The van der Waals surface area contributed by atoms with Crippen LogP contribution in [-0.2, 0) is 7.05 Å². The highest BCUT2D eigenvalue weighted by Gasteiger charge is 2.19. The number of carbonyl (C=O) groups excluding carboxylic acids is 1. The van der Waals surface area contributed by atoms with Gasteiger partial charge in [0.25, 0.3) is 11.5 Å². The number of anilines is 2.